The van der Waals surface area contributed by atoms with Crippen molar-refractivity contribution in [2.24, 2.45) is 11.7 Å². The normalized spacial score (nSPS) is 12.9. The first kappa shape index (κ1) is 16.5. The lowest BCUT2D eigenvalue weighted by atomic mass is 10.1. The molecule has 3 aromatic rings. The van der Waals surface area contributed by atoms with E-state index in [1.807, 2.05) is 18.2 Å². The number of benzene rings is 1. The molecule has 24 heavy (non-hydrogen) atoms. The molecular weight excluding hydrogens is 304 g/mol. The molecule has 0 spiro atoms. The highest BCUT2D eigenvalue weighted by Gasteiger charge is 2.12. The van der Waals surface area contributed by atoms with Crippen LogP contribution < -0.4 is 16.1 Å². The van der Waals surface area contributed by atoms with Gasteiger partial charge in [-0.05, 0) is 37.5 Å². The molecule has 2 aromatic heterocycles. The molecule has 0 aliphatic heterocycles. The van der Waals surface area contributed by atoms with Gasteiger partial charge >= 0.3 is 5.63 Å². The van der Waals surface area contributed by atoms with Gasteiger partial charge in [-0.2, -0.15) is 0 Å². The van der Waals surface area contributed by atoms with E-state index in [-0.39, 0.29) is 11.7 Å². The molecule has 126 valence electrons. The van der Waals surface area contributed by atoms with Crippen LogP contribution in [0.2, 0.25) is 0 Å². The summed E-state index contributed by atoms with van der Waals surface area (Å²) in [6.07, 6.45) is 2.60. The van der Waals surface area contributed by atoms with Crippen LogP contribution in [-0.4, -0.2) is 17.6 Å². The van der Waals surface area contributed by atoms with E-state index >= 15 is 0 Å². The van der Waals surface area contributed by atoms with Gasteiger partial charge in [0.15, 0.2) is 0 Å². The summed E-state index contributed by atoms with van der Waals surface area (Å²) in [6, 6.07) is 7.34. The first-order chi connectivity index (χ1) is 11.5. The SMILES string of the molecule is Cc1nccc2c1c(=O)oc1cc(OCC(N)CC(C)C)ccc12. The maximum absolute atomic E-state index is 12.2. The van der Waals surface area contributed by atoms with Crippen molar-refractivity contribution in [2.75, 3.05) is 6.61 Å². The summed E-state index contributed by atoms with van der Waals surface area (Å²) in [4.78, 5) is 16.4. The summed E-state index contributed by atoms with van der Waals surface area (Å²) in [6.45, 7) is 6.50. The van der Waals surface area contributed by atoms with Crippen LogP contribution in [0.4, 0.5) is 0 Å². The van der Waals surface area contributed by atoms with Gasteiger partial charge in [0.05, 0.1) is 11.1 Å². The van der Waals surface area contributed by atoms with E-state index in [1.165, 1.54) is 0 Å². The van der Waals surface area contributed by atoms with E-state index in [9.17, 15) is 4.79 Å². The Labute approximate surface area is 140 Å². The number of fused-ring (bicyclic) bond motifs is 3. The third-order valence-electron chi connectivity index (χ3n) is 4.03. The number of ether oxygens (including phenoxy) is 1. The van der Waals surface area contributed by atoms with Gasteiger partial charge in [-0.15, -0.1) is 0 Å². The van der Waals surface area contributed by atoms with Gasteiger partial charge in [-0.1, -0.05) is 13.8 Å². The molecule has 5 nitrogen and oxygen atoms in total. The van der Waals surface area contributed by atoms with Gasteiger partial charge in [-0.3, -0.25) is 4.98 Å². The van der Waals surface area contributed by atoms with Crippen LogP contribution in [-0.2, 0) is 0 Å². The highest BCUT2D eigenvalue weighted by molar-refractivity contribution is 6.05. The first-order valence-electron chi connectivity index (χ1n) is 8.16. The van der Waals surface area contributed by atoms with E-state index in [1.54, 1.807) is 19.2 Å². The van der Waals surface area contributed by atoms with Crippen molar-refractivity contribution in [2.45, 2.75) is 33.2 Å². The Morgan fingerprint density at radius 2 is 2.04 bits per heavy atom. The van der Waals surface area contributed by atoms with Crippen LogP contribution in [0, 0.1) is 12.8 Å². The van der Waals surface area contributed by atoms with Crippen LogP contribution >= 0.6 is 0 Å². The molecule has 1 aromatic carbocycles. The van der Waals surface area contributed by atoms with Gasteiger partial charge in [0.25, 0.3) is 0 Å². The number of nitrogens with two attached hydrogens (primary N) is 1. The van der Waals surface area contributed by atoms with Gasteiger partial charge in [0, 0.05) is 29.1 Å². The fraction of sp³-hybridized carbons (Fsp3) is 0.368. The number of hydrogen-bond acceptors (Lipinski definition) is 5. The second-order valence-electron chi connectivity index (χ2n) is 6.57. The van der Waals surface area contributed by atoms with Crippen LogP contribution in [0.1, 0.15) is 26.0 Å². The third-order valence-corrected chi connectivity index (χ3v) is 4.03. The molecule has 0 aliphatic carbocycles. The fourth-order valence-corrected chi connectivity index (χ4v) is 2.98. The summed E-state index contributed by atoms with van der Waals surface area (Å²) in [5, 5.41) is 2.24. The van der Waals surface area contributed by atoms with Crippen molar-refractivity contribution < 1.29 is 9.15 Å². The second-order valence-corrected chi connectivity index (χ2v) is 6.57. The predicted octanol–water partition coefficient (Wildman–Crippen LogP) is 3.40. The van der Waals surface area contributed by atoms with Crippen LogP contribution in [0.25, 0.3) is 21.7 Å². The fourth-order valence-electron chi connectivity index (χ4n) is 2.98. The average Bonchev–Trinajstić information content (AvgIpc) is 2.52. The highest BCUT2D eigenvalue weighted by Crippen LogP contribution is 2.27. The van der Waals surface area contributed by atoms with Crippen molar-refractivity contribution in [1.29, 1.82) is 0 Å². The third kappa shape index (κ3) is 3.26. The van der Waals surface area contributed by atoms with Crippen molar-refractivity contribution >= 4 is 21.7 Å². The van der Waals surface area contributed by atoms with Crippen molar-refractivity contribution in [1.82, 2.24) is 4.98 Å². The molecule has 0 saturated heterocycles. The molecule has 0 amide bonds. The lowest BCUT2D eigenvalue weighted by Crippen LogP contribution is -2.29. The summed E-state index contributed by atoms with van der Waals surface area (Å²) >= 11 is 0. The van der Waals surface area contributed by atoms with Crippen LogP contribution in [0.5, 0.6) is 5.75 Å². The Morgan fingerprint density at radius 3 is 2.79 bits per heavy atom. The Hall–Kier alpha value is -2.40. The molecule has 5 heteroatoms. The molecule has 1 unspecified atom stereocenters. The Bertz CT molecular complexity index is 931. The molecule has 0 radical (unpaired) electrons. The molecule has 1 atom stereocenters. The summed E-state index contributed by atoms with van der Waals surface area (Å²) < 4.78 is 11.2. The van der Waals surface area contributed by atoms with Gasteiger partial charge in [0.2, 0.25) is 0 Å². The van der Waals surface area contributed by atoms with E-state index < -0.39 is 0 Å². The number of aryl methyl sites for hydroxylation is 1. The number of rotatable bonds is 5. The summed E-state index contributed by atoms with van der Waals surface area (Å²) in [5.74, 6) is 1.18. The first-order valence-corrected chi connectivity index (χ1v) is 8.16. The summed E-state index contributed by atoms with van der Waals surface area (Å²) in [5.41, 5.74) is 6.84. The molecule has 0 fully saturated rings. The monoisotopic (exact) mass is 326 g/mol. The largest absolute Gasteiger partial charge is 0.492 e. The van der Waals surface area contributed by atoms with Crippen molar-refractivity contribution in [3.63, 3.8) is 0 Å². The molecule has 3 rings (SSSR count). The molecular formula is C19H22N2O3. The van der Waals surface area contributed by atoms with Crippen LogP contribution in [0.3, 0.4) is 0 Å². The molecule has 0 aliphatic rings. The maximum Gasteiger partial charge on any atom is 0.346 e. The molecule has 2 heterocycles. The minimum atomic E-state index is -0.378. The Kier molecular flexibility index (Phi) is 4.53. The van der Waals surface area contributed by atoms with Gasteiger partial charge < -0.3 is 14.9 Å². The van der Waals surface area contributed by atoms with Gasteiger partial charge in [-0.25, -0.2) is 4.79 Å². The average molecular weight is 326 g/mol. The zero-order valence-electron chi connectivity index (χ0n) is 14.2. The molecule has 2 N–H and O–H groups in total. The number of hydrogen-bond donors (Lipinski definition) is 1. The lowest BCUT2D eigenvalue weighted by molar-refractivity contribution is 0.271. The quantitative estimate of drug-likeness (QED) is 0.574. The predicted molar refractivity (Wildman–Crippen MR) is 95.4 cm³/mol. The maximum atomic E-state index is 12.2. The minimum absolute atomic E-state index is 0.0157. The number of pyridine rings is 1. The minimum Gasteiger partial charge on any atom is -0.492 e. The lowest BCUT2D eigenvalue weighted by Gasteiger charge is -2.15. The Morgan fingerprint density at radius 1 is 1.25 bits per heavy atom. The molecule has 0 saturated carbocycles. The standard InChI is InChI=1S/C19H22N2O3/c1-11(2)8-13(20)10-23-14-4-5-15-16-6-7-21-12(3)18(16)19(22)24-17(15)9-14/h4-7,9,11,13H,8,10,20H2,1-3H3. The number of aromatic nitrogens is 1. The van der Waals surface area contributed by atoms with E-state index in [2.05, 4.69) is 18.8 Å². The van der Waals surface area contributed by atoms with Gasteiger partial charge in [0.1, 0.15) is 17.9 Å². The zero-order valence-corrected chi connectivity index (χ0v) is 14.2. The Balaban J connectivity index is 1.95. The highest BCUT2D eigenvalue weighted by atomic mass is 16.5. The van der Waals surface area contributed by atoms with Crippen molar-refractivity contribution in [3.8, 4) is 5.75 Å². The van der Waals surface area contributed by atoms with E-state index in [0.29, 0.717) is 34.9 Å². The van der Waals surface area contributed by atoms with Crippen molar-refractivity contribution in [3.05, 3.63) is 46.6 Å². The summed E-state index contributed by atoms with van der Waals surface area (Å²) in [7, 11) is 0. The second kappa shape index (κ2) is 6.61. The number of nitrogens with zero attached hydrogens (tertiary/aromatic N) is 1. The van der Waals surface area contributed by atoms with E-state index in [0.717, 1.165) is 17.2 Å². The zero-order chi connectivity index (χ0) is 17.3. The molecule has 0 bridgehead atoms. The topological polar surface area (TPSA) is 78.3 Å². The smallest absolute Gasteiger partial charge is 0.346 e. The van der Waals surface area contributed by atoms with Crippen LogP contribution in [0.15, 0.2) is 39.7 Å². The van der Waals surface area contributed by atoms with E-state index in [4.69, 9.17) is 14.9 Å².